The first-order valence-electron chi connectivity index (χ1n) is 8.31. The third kappa shape index (κ3) is 2.19. The van der Waals surface area contributed by atoms with Crippen LogP contribution in [-0.2, 0) is 6.42 Å². The molecule has 1 atom stereocenters. The first-order chi connectivity index (χ1) is 11.2. The van der Waals surface area contributed by atoms with Crippen molar-refractivity contribution in [3.63, 3.8) is 0 Å². The van der Waals surface area contributed by atoms with Crippen molar-refractivity contribution in [3.8, 4) is 0 Å². The topological polar surface area (TPSA) is 43.1 Å². The van der Waals surface area contributed by atoms with Crippen molar-refractivity contribution in [3.05, 3.63) is 63.7 Å². The van der Waals surface area contributed by atoms with E-state index in [0.29, 0.717) is 5.92 Å². The Bertz CT molecular complexity index is 930. The molecule has 0 N–H and O–H groups in total. The number of benzene rings is 3. The molecule has 0 aromatic heterocycles. The van der Waals surface area contributed by atoms with Crippen LogP contribution in [0.5, 0.6) is 0 Å². The Hall–Kier alpha value is -2.42. The maximum absolute atomic E-state index is 11.0. The summed E-state index contributed by atoms with van der Waals surface area (Å²) in [4.78, 5) is 10.7. The predicted octanol–water partition coefficient (Wildman–Crippen LogP) is 5.73. The summed E-state index contributed by atoms with van der Waals surface area (Å²) in [5, 5.41) is 15.6. The van der Waals surface area contributed by atoms with E-state index < -0.39 is 0 Å². The van der Waals surface area contributed by atoms with Gasteiger partial charge in [0.1, 0.15) is 0 Å². The number of nitro benzene ring substituents is 1. The van der Waals surface area contributed by atoms with Gasteiger partial charge < -0.3 is 0 Å². The van der Waals surface area contributed by atoms with Gasteiger partial charge in [0.15, 0.2) is 0 Å². The molecule has 0 saturated heterocycles. The normalized spacial score (nSPS) is 17.3. The third-order valence-electron chi connectivity index (χ3n) is 5.24. The summed E-state index contributed by atoms with van der Waals surface area (Å²) in [6, 6.07) is 13.8. The zero-order valence-electron chi connectivity index (χ0n) is 13.2. The fourth-order valence-electron chi connectivity index (χ4n) is 4.11. The smallest absolute Gasteiger partial charge is 0.258 e. The molecule has 3 heteroatoms. The quantitative estimate of drug-likeness (QED) is 0.344. The highest BCUT2D eigenvalue weighted by atomic mass is 16.6. The van der Waals surface area contributed by atoms with E-state index in [1.165, 1.54) is 47.6 Å². The number of hydrogen-bond acceptors (Lipinski definition) is 2. The molecule has 116 valence electrons. The molecule has 3 nitrogen and oxygen atoms in total. The fraction of sp³-hybridized carbons (Fsp3) is 0.300. The average molecular weight is 305 g/mol. The second-order valence-electron chi connectivity index (χ2n) is 6.46. The molecule has 0 saturated carbocycles. The molecule has 0 bridgehead atoms. The van der Waals surface area contributed by atoms with Crippen LogP contribution in [0.4, 0.5) is 5.69 Å². The lowest BCUT2D eigenvalue weighted by atomic mass is 9.78. The number of hydrogen-bond donors (Lipinski definition) is 0. The Labute approximate surface area is 135 Å². The van der Waals surface area contributed by atoms with Gasteiger partial charge in [-0.3, -0.25) is 10.1 Å². The second kappa shape index (κ2) is 5.34. The first kappa shape index (κ1) is 14.2. The lowest BCUT2D eigenvalue weighted by Gasteiger charge is -2.26. The van der Waals surface area contributed by atoms with Crippen molar-refractivity contribution in [1.82, 2.24) is 0 Å². The van der Waals surface area contributed by atoms with Gasteiger partial charge >= 0.3 is 0 Å². The molecule has 3 aromatic rings. The van der Waals surface area contributed by atoms with Gasteiger partial charge in [-0.1, -0.05) is 31.2 Å². The molecule has 1 aliphatic carbocycles. The molecule has 0 amide bonds. The Morgan fingerprint density at radius 1 is 1.09 bits per heavy atom. The van der Waals surface area contributed by atoms with Crippen LogP contribution in [0.15, 0.2) is 42.5 Å². The molecule has 4 rings (SSSR count). The highest BCUT2D eigenvalue weighted by Gasteiger charge is 2.21. The first-order valence-corrected chi connectivity index (χ1v) is 8.31. The fourth-order valence-corrected chi connectivity index (χ4v) is 4.11. The van der Waals surface area contributed by atoms with Crippen LogP contribution in [0.2, 0.25) is 0 Å². The van der Waals surface area contributed by atoms with Crippen LogP contribution < -0.4 is 0 Å². The van der Waals surface area contributed by atoms with Crippen molar-refractivity contribution < 1.29 is 4.92 Å². The molecule has 23 heavy (non-hydrogen) atoms. The molecule has 3 aromatic carbocycles. The molecular formula is C20H19NO2. The van der Waals surface area contributed by atoms with Crippen LogP contribution in [-0.4, -0.2) is 4.92 Å². The van der Waals surface area contributed by atoms with E-state index in [-0.39, 0.29) is 10.6 Å². The minimum atomic E-state index is -0.330. The second-order valence-corrected chi connectivity index (χ2v) is 6.46. The number of nitrogens with zero attached hydrogens (tertiary/aromatic N) is 1. The predicted molar refractivity (Wildman–Crippen MR) is 94.1 cm³/mol. The minimum Gasteiger partial charge on any atom is -0.258 e. The minimum absolute atomic E-state index is 0.154. The van der Waals surface area contributed by atoms with Gasteiger partial charge in [0.05, 0.1) is 4.92 Å². The maximum atomic E-state index is 11.0. The molecular weight excluding hydrogens is 286 g/mol. The lowest BCUT2D eigenvalue weighted by molar-refractivity contribution is -0.384. The number of nitro groups is 1. The summed E-state index contributed by atoms with van der Waals surface area (Å²) in [7, 11) is 0. The van der Waals surface area contributed by atoms with Crippen LogP contribution >= 0.6 is 0 Å². The molecule has 0 radical (unpaired) electrons. The summed E-state index contributed by atoms with van der Waals surface area (Å²) < 4.78 is 0. The van der Waals surface area contributed by atoms with Gasteiger partial charge in [0, 0.05) is 12.1 Å². The maximum Gasteiger partial charge on any atom is 0.270 e. The largest absolute Gasteiger partial charge is 0.270 e. The van der Waals surface area contributed by atoms with Crippen molar-refractivity contribution in [1.29, 1.82) is 0 Å². The van der Waals surface area contributed by atoms with Crippen LogP contribution in [0, 0.1) is 10.1 Å². The van der Waals surface area contributed by atoms with E-state index in [1.54, 1.807) is 12.1 Å². The zero-order chi connectivity index (χ0) is 16.0. The van der Waals surface area contributed by atoms with Gasteiger partial charge in [-0.15, -0.1) is 0 Å². The standard InChI is InChI=1S/C20H19NO2/c1-2-13-4-3-5-14-6-9-18-17-11-8-16(21(22)23)12-15(17)7-10-19(18)20(13)14/h6-13H,2-5H2,1H3. The number of non-ortho nitro benzene ring substituents is 1. The number of rotatable bonds is 2. The van der Waals surface area contributed by atoms with E-state index in [4.69, 9.17) is 0 Å². The Morgan fingerprint density at radius 3 is 2.65 bits per heavy atom. The molecule has 0 heterocycles. The van der Waals surface area contributed by atoms with E-state index in [2.05, 4.69) is 25.1 Å². The molecule has 0 aliphatic heterocycles. The van der Waals surface area contributed by atoms with Gasteiger partial charge in [-0.05, 0) is 70.3 Å². The summed E-state index contributed by atoms with van der Waals surface area (Å²) in [6.45, 7) is 2.27. The van der Waals surface area contributed by atoms with E-state index in [1.807, 2.05) is 12.1 Å². The van der Waals surface area contributed by atoms with E-state index >= 15 is 0 Å². The number of aryl methyl sites for hydroxylation is 1. The van der Waals surface area contributed by atoms with Crippen LogP contribution in [0.1, 0.15) is 43.2 Å². The Kier molecular flexibility index (Phi) is 3.29. The van der Waals surface area contributed by atoms with E-state index in [9.17, 15) is 10.1 Å². The number of fused-ring (bicyclic) bond motifs is 5. The van der Waals surface area contributed by atoms with Crippen molar-refractivity contribution >= 4 is 27.2 Å². The van der Waals surface area contributed by atoms with E-state index in [0.717, 1.165) is 10.8 Å². The van der Waals surface area contributed by atoms with Crippen LogP contribution in [0.3, 0.4) is 0 Å². The summed E-state index contributed by atoms with van der Waals surface area (Å²) in [5.41, 5.74) is 3.15. The molecule has 1 aliphatic rings. The highest BCUT2D eigenvalue weighted by Crippen LogP contribution is 2.40. The Balaban J connectivity index is 2.02. The van der Waals surface area contributed by atoms with Gasteiger partial charge in [0.2, 0.25) is 0 Å². The van der Waals surface area contributed by atoms with Crippen molar-refractivity contribution in [2.75, 3.05) is 0 Å². The van der Waals surface area contributed by atoms with Gasteiger partial charge in [0.25, 0.3) is 5.69 Å². The monoisotopic (exact) mass is 305 g/mol. The molecule has 0 fully saturated rings. The molecule has 0 spiro atoms. The molecule has 1 unspecified atom stereocenters. The highest BCUT2D eigenvalue weighted by molar-refractivity contribution is 6.09. The van der Waals surface area contributed by atoms with Crippen molar-refractivity contribution in [2.45, 2.75) is 38.5 Å². The van der Waals surface area contributed by atoms with Crippen LogP contribution in [0.25, 0.3) is 21.5 Å². The Morgan fingerprint density at radius 2 is 1.87 bits per heavy atom. The summed E-state index contributed by atoms with van der Waals surface area (Å²) in [5.74, 6) is 0.637. The average Bonchev–Trinajstić information content (AvgIpc) is 2.59. The third-order valence-corrected chi connectivity index (χ3v) is 5.24. The summed E-state index contributed by atoms with van der Waals surface area (Å²) >= 11 is 0. The van der Waals surface area contributed by atoms with Gasteiger partial charge in [-0.25, -0.2) is 0 Å². The van der Waals surface area contributed by atoms with Gasteiger partial charge in [-0.2, -0.15) is 0 Å². The summed E-state index contributed by atoms with van der Waals surface area (Å²) in [6.07, 6.45) is 4.88. The SMILES string of the molecule is CCC1CCCc2ccc3c(ccc4cc([N+](=O)[O-])ccc43)c21. The van der Waals surface area contributed by atoms with Crippen molar-refractivity contribution in [2.24, 2.45) is 0 Å². The zero-order valence-corrected chi connectivity index (χ0v) is 13.2. The lowest BCUT2D eigenvalue weighted by Crippen LogP contribution is -2.09.